The minimum absolute atomic E-state index is 0.393. The van der Waals surface area contributed by atoms with Crippen molar-refractivity contribution >= 4 is 0 Å². The fourth-order valence-electron chi connectivity index (χ4n) is 1.32. The summed E-state index contributed by atoms with van der Waals surface area (Å²) in [6.07, 6.45) is 7.39. The molecule has 1 unspecified atom stereocenters. The summed E-state index contributed by atoms with van der Waals surface area (Å²) in [5, 5.41) is 9.64. The van der Waals surface area contributed by atoms with Crippen molar-refractivity contribution in [2.24, 2.45) is 0 Å². The van der Waals surface area contributed by atoms with Gasteiger partial charge in [-0.15, -0.1) is 0 Å². The van der Waals surface area contributed by atoms with E-state index in [9.17, 15) is 10.0 Å². The first-order valence-corrected chi connectivity index (χ1v) is 4.74. The van der Waals surface area contributed by atoms with Crippen molar-refractivity contribution in [1.82, 2.24) is 0 Å². The maximum atomic E-state index is 10.9. The standard InChI is InChI=1S/C10H16NO2/c1-2-3-6-10(12)9-5-4-7-11(13)8-9/h4-5,8,10,12H,2-3,6-7H2,1H3/q+1. The third-order valence-electron chi connectivity index (χ3n) is 2.10. The van der Waals surface area contributed by atoms with Crippen molar-refractivity contribution in [3.63, 3.8) is 0 Å². The van der Waals surface area contributed by atoms with Crippen LogP contribution in [0.4, 0.5) is 0 Å². The number of rotatable bonds is 4. The first kappa shape index (κ1) is 10.1. The third-order valence-corrected chi connectivity index (χ3v) is 2.10. The number of nitrogens with zero attached hydrogens (tertiary/aromatic N) is 1. The molecule has 72 valence electrons. The highest BCUT2D eigenvalue weighted by molar-refractivity contribution is 5.22. The molecule has 0 aliphatic carbocycles. The zero-order valence-corrected chi connectivity index (χ0v) is 7.94. The topological polar surface area (TPSA) is 40.3 Å². The highest BCUT2D eigenvalue weighted by Crippen LogP contribution is 2.13. The Labute approximate surface area is 78.3 Å². The highest BCUT2D eigenvalue weighted by Gasteiger charge is 2.16. The Morgan fingerprint density at radius 2 is 2.46 bits per heavy atom. The van der Waals surface area contributed by atoms with Gasteiger partial charge in [0.2, 0.25) is 12.7 Å². The second kappa shape index (κ2) is 4.92. The Morgan fingerprint density at radius 1 is 1.69 bits per heavy atom. The molecule has 13 heavy (non-hydrogen) atoms. The molecule has 1 heterocycles. The van der Waals surface area contributed by atoms with E-state index in [0.29, 0.717) is 6.54 Å². The number of nitroso groups, excluding NO2 is 1. The predicted molar refractivity (Wildman–Crippen MR) is 51.2 cm³/mol. The molecule has 0 aromatic carbocycles. The van der Waals surface area contributed by atoms with Crippen LogP contribution in [-0.4, -0.2) is 22.5 Å². The number of hydrogen-bond donors (Lipinski definition) is 1. The van der Waals surface area contributed by atoms with E-state index in [4.69, 9.17) is 0 Å². The molecular weight excluding hydrogens is 166 g/mol. The molecule has 0 fully saturated rings. The summed E-state index contributed by atoms with van der Waals surface area (Å²) in [7, 11) is 0. The van der Waals surface area contributed by atoms with Crippen molar-refractivity contribution < 1.29 is 9.87 Å². The minimum Gasteiger partial charge on any atom is -0.388 e. The Morgan fingerprint density at radius 3 is 3.08 bits per heavy atom. The Bertz CT molecular complexity index is 243. The molecule has 1 aliphatic heterocycles. The Hall–Kier alpha value is -0.960. The average molecular weight is 182 g/mol. The van der Waals surface area contributed by atoms with Gasteiger partial charge in [-0.3, -0.25) is 0 Å². The van der Waals surface area contributed by atoms with Crippen LogP contribution in [0.2, 0.25) is 0 Å². The molecule has 0 saturated carbocycles. The van der Waals surface area contributed by atoms with Crippen LogP contribution in [0.1, 0.15) is 26.2 Å². The summed E-state index contributed by atoms with van der Waals surface area (Å²) >= 11 is 0. The van der Waals surface area contributed by atoms with E-state index >= 15 is 0 Å². The molecular formula is C10H16NO2+. The monoisotopic (exact) mass is 182 g/mol. The van der Waals surface area contributed by atoms with Crippen LogP contribution in [0, 0.1) is 4.91 Å². The summed E-state index contributed by atoms with van der Waals surface area (Å²) in [4.78, 5) is 10.9. The summed E-state index contributed by atoms with van der Waals surface area (Å²) < 4.78 is 0.838. The number of hydrogen-bond acceptors (Lipinski definition) is 2. The molecule has 3 heteroatoms. The quantitative estimate of drug-likeness (QED) is 0.673. The van der Waals surface area contributed by atoms with Gasteiger partial charge in [0, 0.05) is 15.2 Å². The lowest BCUT2D eigenvalue weighted by Gasteiger charge is -2.09. The molecule has 1 atom stereocenters. The lowest BCUT2D eigenvalue weighted by Crippen LogP contribution is -2.14. The normalized spacial score (nSPS) is 18.6. The second-order valence-corrected chi connectivity index (χ2v) is 3.29. The van der Waals surface area contributed by atoms with E-state index in [-0.39, 0.29) is 0 Å². The van der Waals surface area contributed by atoms with Crippen LogP contribution in [0.25, 0.3) is 0 Å². The molecule has 3 nitrogen and oxygen atoms in total. The molecule has 0 aromatic heterocycles. The van der Waals surface area contributed by atoms with Crippen LogP contribution in [0.15, 0.2) is 23.9 Å². The van der Waals surface area contributed by atoms with Crippen molar-refractivity contribution in [2.45, 2.75) is 32.3 Å². The number of aliphatic hydroxyl groups is 1. The van der Waals surface area contributed by atoms with Crippen LogP contribution in [0.3, 0.4) is 0 Å². The van der Waals surface area contributed by atoms with Gasteiger partial charge in [0.15, 0.2) is 0 Å². The zero-order chi connectivity index (χ0) is 9.68. The van der Waals surface area contributed by atoms with Gasteiger partial charge in [0.1, 0.15) is 0 Å². The van der Waals surface area contributed by atoms with Crippen LogP contribution in [-0.2, 0) is 0 Å². The molecule has 0 spiro atoms. The smallest absolute Gasteiger partial charge is 0.227 e. The summed E-state index contributed by atoms with van der Waals surface area (Å²) in [5.74, 6) is 0. The first-order chi connectivity index (χ1) is 6.24. The second-order valence-electron chi connectivity index (χ2n) is 3.29. The fourth-order valence-corrected chi connectivity index (χ4v) is 1.32. The Kier molecular flexibility index (Phi) is 3.83. The van der Waals surface area contributed by atoms with Crippen LogP contribution >= 0.6 is 0 Å². The maximum Gasteiger partial charge on any atom is 0.227 e. The van der Waals surface area contributed by atoms with E-state index < -0.39 is 6.10 Å². The molecule has 0 bridgehead atoms. The minimum atomic E-state index is -0.479. The van der Waals surface area contributed by atoms with E-state index in [1.54, 1.807) is 6.08 Å². The molecule has 1 N–H and O–H groups in total. The van der Waals surface area contributed by atoms with Gasteiger partial charge in [-0.25, -0.2) is 0 Å². The Balaban J connectivity index is 2.50. The predicted octanol–water partition coefficient (Wildman–Crippen LogP) is 1.77. The first-order valence-electron chi connectivity index (χ1n) is 4.74. The summed E-state index contributed by atoms with van der Waals surface area (Å²) in [5.41, 5.74) is 0.731. The summed E-state index contributed by atoms with van der Waals surface area (Å²) in [6.45, 7) is 2.47. The number of unbranched alkanes of at least 4 members (excludes halogenated alkanes) is 1. The van der Waals surface area contributed by atoms with Crippen molar-refractivity contribution in [2.75, 3.05) is 6.54 Å². The van der Waals surface area contributed by atoms with E-state index in [0.717, 1.165) is 29.6 Å². The van der Waals surface area contributed by atoms with Crippen molar-refractivity contribution in [1.29, 1.82) is 0 Å². The average Bonchev–Trinajstić information content (AvgIpc) is 2.14. The van der Waals surface area contributed by atoms with Gasteiger partial charge in [-0.05, 0) is 18.6 Å². The van der Waals surface area contributed by atoms with Gasteiger partial charge >= 0.3 is 0 Å². The van der Waals surface area contributed by atoms with Gasteiger partial charge in [0.25, 0.3) is 0 Å². The lowest BCUT2D eigenvalue weighted by molar-refractivity contribution is -0.470. The highest BCUT2D eigenvalue weighted by atomic mass is 16.3. The van der Waals surface area contributed by atoms with E-state index in [1.165, 1.54) is 6.20 Å². The van der Waals surface area contributed by atoms with Gasteiger partial charge in [-0.2, -0.15) is 0 Å². The van der Waals surface area contributed by atoms with Gasteiger partial charge in [0.05, 0.1) is 6.10 Å². The molecule has 0 aromatic rings. The van der Waals surface area contributed by atoms with Gasteiger partial charge in [-0.1, -0.05) is 19.8 Å². The van der Waals surface area contributed by atoms with Crippen LogP contribution in [0.5, 0.6) is 0 Å². The number of aliphatic hydroxyl groups excluding tert-OH is 1. The molecule has 0 amide bonds. The van der Waals surface area contributed by atoms with E-state index in [2.05, 4.69) is 6.92 Å². The molecule has 1 rings (SSSR count). The van der Waals surface area contributed by atoms with Crippen molar-refractivity contribution in [3.05, 3.63) is 28.8 Å². The third kappa shape index (κ3) is 3.11. The fraction of sp³-hybridized carbons (Fsp3) is 0.600. The van der Waals surface area contributed by atoms with Crippen molar-refractivity contribution in [3.8, 4) is 0 Å². The molecule has 0 saturated heterocycles. The lowest BCUT2D eigenvalue weighted by atomic mass is 10.0. The summed E-state index contributed by atoms with van der Waals surface area (Å²) in [6, 6.07) is 0. The molecule has 1 aliphatic rings. The largest absolute Gasteiger partial charge is 0.388 e. The molecule has 0 radical (unpaired) electrons. The van der Waals surface area contributed by atoms with E-state index in [1.807, 2.05) is 6.08 Å². The SMILES string of the molecule is CCCCC(O)C1=C[N+](=O)CC=C1. The van der Waals surface area contributed by atoms with Gasteiger partial charge < -0.3 is 5.11 Å². The zero-order valence-electron chi connectivity index (χ0n) is 7.94. The maximum absolute atomic E-state index is 10.9. The van der Waals surface area contributed by atoms with Crippen LogP contribution < -0.4 is 0 Å².